The first-order valence-electron chi connectivity index (χ1n) is 8.61. The van der Waals surface area contributed by atoms with E-state index in [0.717, 1.165) is 24.0 Å². The molecule has 1 atom stereocenters. The van der Waals surface area contributed by atoms with Crippen LogP contribution in [0.1, 0.15) is 37.9 Å². The van der Waals surface area contributed by atoms with Crippen molar-refractivity contribution in [2.75, 3.05) is 5.32 Å². The second-order valence-electron chi connectivity index (χ2n) is 6.19. The number of benzene rings is 2. The first-order valence-corrected chi connectivity index (χ1v) is 8.61. The summed E-state index contributed by atoms with van der Waals surface area (Å²) in [5.74, 6) is -0.00341. The third-order valence-corrected chi connectivity index (χ3v) is 4.62. The van der Waals surface area contributed by atoms with E-state index in [1.54, 1.807) is 0 Å². The zero-order valence-electron chi connectivity index (χ0n) is 14.5. The van der Waals surface area contributed by atoms with Gasteiger partial charge in [0.25, 0.3) is 0 Å². The normalized spacial score (nSPS) is 12.3. The number of aryl methyl sites for hydroxylation is 2. The number of hydrogen-bond donors (Lipinski definition) is 1. The van der Waals surface area contributed by atoms with Crippen molar-refractivity contribution in [3.8, 4) is 0 Å². The number of nitrogens with zero attached hydrogens (tertiary/aromatic N) is 1. The third-order valence-electron chi connectivity index (χ3n) is 4.62. The Morgan fingerprint density at radius 3 is 2.33 bits per heavy atom. The molecule has 1 heterocycles. The van der Waals surface area contributed by atoms with Gasteiger partial charge in [-0.3, -0.25) is 4.79 Å². The van der Waals surface area contributed by atoms with Gasteiger partial charge in [0.15, 0.2) is 0 Å². The number of anilines is 1. The average Bonchev–Trinajstić information content (AvgIpc) is 3.04. The number of aromatic nitrogens is 1. The molecule has 124 valence electrons. The summed E-state index contributed by atoms with van der Waals surface area (Å²) in [7, 11) is 0. The lowest BCUT2D eigenvalue weighted by atomic mass is 10.1. The third kappa shape index (κ3) is 3.21. The Morgan fingerprint density at radius 2 is 1.67 bits per heavy atom. The summed E-state index contributed by atoms with van der Waals surface area (Å²) >= 11 is 0. The molecule has 1 amide bonds. The number of carbonyl (C=O) groups is 1. The van der Waals surface area contributed by atoms with Crippen molar-refractivity contribution in [1.82, 2.24) is 4.57 Å². The van der Waals surface area contributed by atoms with E-state index in [1.807, 2.05) is 29.8 Å². The van der Waals surface area contributed by atoms with E-state index >= 15 is 0 Å². The van der Waals surface area contributed by atoms with Crippen molar-refractivity contribution >= 4 is 22.5 Å². The molecule has 3 aromatic rings. The van der Waals surface area contributed by atoms with Gasteiger partial charge in [-0.1, -0.05) is 32.0 Å². The number of fused-ring (bicyclic) bond motifs is 1. The summed E-state index contributed by atoms with van der Waals surface area (Å²) in [6.07, 6.45) is 4.01. The molecule has 2 aromatic carbocycles. The van der Waals surface area contributed by atoms with E-state index in [2.05, 4.69) is 55.6 Å². The van der Waals surface area contributed by atoms with Crippen molar-refractivity contribution in [2.24, 2.45) is 0 Å². The van der Waals surface area contributed by atoms with Crippen LogP contribution in [-0.4, -0.2) is 10.5 Å². The number of amides is 1. The van der Waals surface area contributed by atoms with Gasteiger partial charge >= 0.3 is 0 Å². The predicted molar refractivity (Wildman–Crippen MR) is 100 cm³/mol. The molecule has 0 aliphatic rings. The van der Waals surface area contributed by atoms with Gasteiger partial charge < -0.3 is 9.88 Å². The Kier molecular flexibility index (Phi) is 4.70. The van der Waals surface area contributed by atoms with Gasteiger partial charge in [0, 0.05) is 17.4 Å². The van der Waals surface area contributed by atoms with Crippen LogP contribution in [0.25, 0.3) is 10.9 Å². The first-order chi connectivity index (χ1) is 11.6. The van der Waals surface area contributed by atoms with Crippen LogP contribution in [0.2, 0.25) is 0 Å². The van der Waals surface area contributed by atoms with E-state index < -0.39 is 0 Å². The van der Waals surface area contributed by atoms with Gasteiger partial charge in [-0.2, -0.15) is 0 Å². The second-order valence-corrected chi connectivity index (χ2v) is 6.19. The van der Waals surface area contributed by atoms with Gasteiger partial charge in [0.2, 0.25) is 5.91 Å². The largest absolute Gasteiger partial charge is 0.335 e. The highest BCUT2D eigenvalue weighted by atomic mass is 16.2. The molecule has 1 aromatic heterocycles. The summed E-state index contributed by atoms with van der Waals surface area (Å²) in [4.78, 5) is 12.6. The number of nitrogens with one attached hydrogen (secondary N) is 1. The van der Waals surface area contributed by atoms with Crippen LogP contribution in [0.15, 0.2) is 54.7 Å². The second kappa shape index (κ2) is 6.91. The van der Waals surface area contributed by atoms with Gasteiger partial charge in [-0.25, -0.2) is 0 Å². The molecule has 3 rings (SSSR count). The van der Waals surface area contributed by atoms with Crippen molar-refractivity contribution < 1.29 is 4.79 Å². The zero-order chi connectivity index (χ0) is 17.1. The predicted octanol–water partition coefficient (Wildman–Crippen LogP) is 4.97. The molecule has 0 spiro atoms. The lowest BCUT2D eigenvalue weighted by molar-refractivity contribution is -0.118. The van der Waals surface area contributed by atoms with Crippen molar-refractivity contribution in [3.63, 3.8) is 0 Å². The lowest BCUT2D eigenvalue weighted by Crippen LogP contribution is -2.23. The monoisotopic (exact) mass is 320 g/mol. The Morgan fingerprint density at radius 1 is 1.00 bits per heavy atom. The molecule has 24 heavy (non-hydrogen) atoms. The summed E-state index contributed by atoms with van der Waals surface area (Å²) in [5, 5.41) is 4.19. The summed E-state index contributed by atoms with van der Waals surface area (Å²) in [6, 6.07) is 16.3. The number of rotatable bonds is 5. The van der Waals surface area contributed by atoms with Crippen LogP contribution in [0.3, 0.4) is 0 Å². The smallest absolute Gasteiger partial charge is 0.247 e. The highest BCUT2D eigenvalue weighted by Crippen LogP contribution is 2.23. The van der Waals surface area contributed by atoms with E-state index in [0.29, 0.717) is 0 Å². The van der Waals surface area contributed by atoms with E-state index in [-0.39, 0.29) is 11.9 Å². The highest BCUT2D eigenvalue weighted by molar-refractivity contribution is 5.95. The van der Waals surface area contributed by atoms with Crippen molar-refractivity contribution in [3.05, 3.63) is 65.9 Å². The minimum Gasteiger partial charge on any atom is -0.335 e. The number of carbonyl (C=O) groups excluding carboxylic acids is 1. The standard InChI is InChI=1S/C21H24N2O/c1-4-16-6-9-19(10-7-16)22-21(24)15(3)23-13-12-18-14-17(5-2)8-11-20(18)23/h6-15H,4-5H2,1-3H3,(H,22,24). The van der Waals surface area contributed by atoms with E-state index in [4.69, 9.17) is 0 Å². The molecule has 1 unspecified atom stereocenters. The van der Waals surface area contributed by atoms with Gasteiger partial charge in [0.1, 0.15) is 6.04 Å². The molecule has 0 aliphatic carbocycles. The van der Waals surface area contributed by atoms with Crippen LogP contribution in [0.5, 0.6) is 0 Å². The fraction of sp³-hybridized carbons (Fsp3) is 0.286. The molecule has 0 radical (unpaired) electrons. The Balaban J connectivity index is 1.80. The fourth-order valence-electron chi connectivity index (χ4n) is 2.97. The van der Waals surface area contributed by atoms with Crippen LogP contribution in [0.4, 0.5) is 5.69 Å². The fourth-order valence-corrected chi connectivity index (χ4v) is 2.97. The van der Waals surface area contributed by atoms with Crippen LogP contribution in [0, 0.1) is 0 Å². The maximum absolute atomic E-state index is 12.6. The minimum absolute atomic E-state index is 0.00341. The molecule has 3 nitrogen and oxygen atoms in total. The highest BCUT2D eigenvalue weighted by Gasteiger charge is 2.16. The van der Waals surface area contributed by atoms with Crippen molar-refractivity contribution in [1.29, 1.82) is 0 Å². The Hall–Kier alpha value is -2.55. The molecule has 0 aliphatic heterocycles. The molecule has 0 bridgehead atoms. The number of hydrogen-bond acceptors (Lipinski definition) is 1. The summed E-state index contributed by atoms with van der Waals surface area (Å²) in [5.41, 5.74) is 4.52. The van der Waals surface area contributed by atoms with Gasteiger partial charge in [-0.05, 0) is 66.6 Å². The molecule has 0 fully saturated rings. The molecule has 0 saturated carbocycles. The molecule has 0 saturated heterocycles. The van der Waals surface area contributed by atoms with E-state index in [1.165, 1.54) is 16.5 Å². The maximum Gasteiger partial charge on any atom is 0.247 e. The topological polar surface area (TPSA) is 34.0 Å². The molecule has 1 N–H and O–H groups in total. The average molecular weight is 320 g/mol. The maximum atomic E-state index is 12.6. The summed E-state index contributed by atoms with van der Waals surface area (Å²) in [6.45, 7) is 6.21. The zero-order valence-corrected chi connectivity index (χ0v) is 14.5. The van der Waals surface area contributed by atoms with Gasteiger partial charge in [0.05, 0.1) is 0 Å². The minimum atomic E-state index is -0.263. The molecular formula is C21H24N2O. The van der Waals surface area contributed by atoms with Gasteiger partial charge in [-0.15, -0.1) is 0 Å². The van der Waals surface area contributed by atoms with E-state index in [9.17, 15) is 4.79 Å². The SMILES string of the molecule is CCc1ccc(NC(=O)C(C)n2ccc3cc(CC)ccc32)cc1. The van der Waals surface area contributed by atoms with Crippen LogP contribution < -0.4 is 5.32 Å². The first kappa shape index (κ1) is 16.3. The van der Waals surface area contributed by atoms with Crippen LogP contribution in [-0.2, 0) is 17.6 Å². The Labute approximate surface area is 143 Å². The van der Waals surface area contributed by atoms with Crippen LogP contribution >= 0.6 is 0 Å². The summed E-state index contributed by atoms with van der Waals surface area (Å²) < 4.78 is 2.03. The molecule has 3 heteroatoms. The lowest BCUT2D eigenvalue weighted by Gasteiger charge is -2.16. The van der Waals surface area contributed by atoms with Crippen molar-refractivity contribution in [2.45, 2.75) is 39.7 Å². The Bertz CT molecular complexity index is 846. The quantitative estimate of drug-likeness (QED) is 0.708. The molecular weight excluding hydrogens is 296 g/mol.